The largest absolute Gasteiger partial charge is 0.466 e. The molecule has 0 saturated heterocycles. The molecular weight excluding hydrogens is 190 g/mol. The van der Waals surface area contributed by atoms with Gasteiger partial charge in [-0.15, -0.1) is 0 Å². The number of methoxy groups -OCH3 is 1. The number of benzene rings is 1. The van der Waals surface area contributed by atoms with E-state index in [2.05, 4.69) is 21.8 Å². The van der Waals surface area contributed by atoms with Crippen LogP contribution in [-0.2, 0) is 16.0 Å². The Kier molecular flexibility index (Phi) is 2.72. The molecule has 1 aromatic carbocycles. The molecule has 1 aliphatic rings. The Balaban J connectivity index is 2.14. The highest BCUT2D eigenvalue weighted by molar-refractivity contribution is 5.82. The molecule has 0 aliphatic carbocycles. The molecule has 1 aliphatic heterocycles. The minimum Gasteiger partial charge on any atom is -0.466 e. The molecule has 0 spiro atoms. The van der Waals surface area contributed by atoms with Gasteiger partial charge >= 0.3 is 5.97 Å². The number of nitrogens with zero attached hydrogens (tertiary/aromatic N) is 1. The summed E-state index contributed by atoms with van der Waals surface area (Å²) >= 11 is 0. The average Bonchev–Trinajstić information content (AvgIpc) is 2.69. The highest BCUT2D eigenvalue weighted by atomic mass is 16.5. The molecule has 0 bridgehead atoms. The maximum Gasteiger partial charge on any atom is 0.331 e. The lowest BCUT2D eigenvalue weighted by atomic mass is 10.2. The second-order valence-corrected chi connectivity index (χ2v) is 3.41. The van der Waals surface area contributed by atoms with Crippen LogP contribution in [0, 0.1) is 0 Å². The zero-order chi connectivity index (χ0) is 10.7. The van der Waals surface area contributed by atoms with E-state index in [-0.39, 0.29) is 5.97 Å². The van der Waals surface area contributed by atoms with Crippen molar-refractivity contribution in [3.05, 3.63) is 42.1 Å². The smallest absolute Gasteiger partial charge is 0.331 e. The summed E-state index contributed by atoms with van der Waals surface area (Å²) in [5.74, 6) is -0.320. The molecule has 0 unspecified atom stereocenters. The molecule has 0 atom stereocenters. The van der Waals surface area contributed by atoms with Crippen molar-refractivity contribution in [2.45, 2.75) is 6.42 Å². The number of para-hydroxylation sites is 1. The van der Waals surface area contributed by atoms with Gasteiger partial charge in [0.1, 0.15) is 0 Å². The van der Waals surface area contributed by atoms with Gasteiger partial charge < -0.3 is 9.64 Å². The van der Waals surface area contributed by atoms with Crippen LogP contribution < -0.4 is 4.90 Å². The van der Waals surface area contributed by atoms with Crippen LogP contribution in [0.2, 0.25) is 0 Å². The maximum absolute atomic E-state index is 10.9. The average molecular weight is 203 g/mol. The molecule has 0 fully saturated rings. The molecule has 3 heteroatoms. The molecule has 0 N–H and O–H groups in total. The van der Waals surface area contributed by atoms with Crippen LogP contribution in [-0.4, -0.2) is 19.6 Å². The number of fused-ring (bicyclic) bond motifs is 1. The molecule has 0 saturated carbocycles. The number of hydrogen-bond donors (Lipinski definition) is 0. The first-order valence-electron chi connectivity index (χ1n) is 4.92. The molecule has 3 nitrogen and oxygen atoms in total. The zero-order valence-electron chi connectivity index (χ0n) is 8.64. The van der Waals surface area contributed by atoms with E-state index in [1.54, 1.807) is 6.20 Å². The fourth-order valence-corrected chi connectivity index (χ4v) is 1.74. The predicted octanol–water partition coefficient (Wildman–Crippen LogP) is 1.74. The third kappa shape index (κ3) is 2.01. The van der Waals surface area contributed by atoms with Crippen molar-refractivity contribution in [1.82, 2.24) is 0 Å². The van der Waals surface area contributed by atoms with Gasteiger partial charge in [0.15, 0.2) is 0 Å². The second-order valence-electron chi connectivity index (χ2n) is 3.41. The Morgan fingerprint density at radius 2 is 2.27 bits per heavy atom. The summed E-state index contributed by atoms with van der Waals surface area (Å²) < 4.78 is 4.55. The molecular formula is C12H13NO2. The van der Waals surface area contributed by atoms with Gasteiger partial charge in [0.25, 0.3) is 0 Å². The minimum atomic E-state index is -0.320. The summed E-state index contributed by atoms with van der Waals surface area (Å²) in [6, 6.07) is 8.21. The number of rotatable bonds is 2. The van der Waals surface area contributed by atoms with Crippen molar-refractivity contribution in [3.63, 3.8) is 0 Å². The fourth-order valence-electron chi connectivity index (χ4n) is 1.74. The van der Waals surface area contributed by atoms with E-state index in [1.165, 1.54) is 24.4 Å². The highest BCUT2D eigenvalue weighted by Gasteiger charge is 2.15. The highest BCUT2D eigenvalue weighted by Crippen LogP contribution is 2.27. The van der Waals surface area contributed by atoms with Crippen molar-refractivity contribution < 1.29 is 9.53 Å². The van der Waals surface area contributed by atoms with Gasteiger partial charge in [0, 0.05) is 24.5 Å². The Morgan fingerprint density at radius 1 is 1.47 bits per heavy atom. The number of ether oxygens (including phenoxy) is 1. The van der Waals surface area contributed by atoms with E-state index in [4.69, 9.17) is 0 Å². The van der Waals surface area contributed by atoms with Crippen molar-refractivity contribution in [2.75, 3.05) is 18.6 Å². The zero-order valence-corrected chi connectivity index (χ0v) is 8.64. The van der Waals surface area contributed by atoms with E-state index in [0.29, 0.717) is 0 Å². The van der Waals surface area contributed by atoms with Gasteiger partial charge in [-0.2, -0.15) is 0 Å². The van der Waals surface area contributed by atoms with Crippen LogP contribution in [0.5, 0.6) is 0 Å². The van der Waals surface area contributed by atoms with Crippen LogP contribution >= 0.6 is 0 Å². The molecule has 0 aromatic heterocycles. The Labute approximate surface area is 89.0 Å². The lowest BCUT2D eigenvalue weighted by molar-refractivity contribution is -0.134. The lowest BCUT2D eigenvalue weighted by Crippen LogP contribution is -2.12. The molecule has 1 aromatic rings. The molecule has 1 heterocycles. The summed E-state index contributed by atoms with van der Waals surface area (Å²) in [5.41, 5.74) is 2.50. The summed E-state index contributed by atoms with van der Waals surface area (Å²) in [7, 11) is 1.38. The topological polar surface area (TPSA) is 29.5 Å². The number of carbonyl (C=O) groups excluding carboxylic acids is 1. The number of hydrogen-bond acceptors (Lipinski definition) is 3. The third-order valence-electron chi connectivity index (χ3n) is 2.51. The van der Waals surface area contributed by atoms with Crippen molar-refractivity contribution in [3.8, 4) is 0 Å². The van der Waals surface area contributed by atoms with Gasteiger partial charge in [0.05, 0.1) is 7.11 Å². The Bertz CT molecular complexity index is 398. The normalized spacial score (nSPS) is 14.3. The molecule has 2 rings (SSSR count). The second kappa shape index (κ2) is 4.17. The van der Waals surface area contributed by atoms with E-state index in [9.17, 15) is 4.79 Å². The third-order valence-corrected chi connectivity index (χ3v) is 2.51. The Morgan fingerprint density at radius 3 is 3.07 bits per heavy atom. The van der Waals surface area contributed by atoms with Gasteiger partial charge in [-0.3, -0.25) is 0 Å². The van der Waals surface area contributed by atoms with E-state index < -0.39 is 0 Å². The number of esters is 1. The summed E-state index contributed by atoms with van der Waals surface area (Å²) in [5, 5.41) is 0. The van der Waals surface area contributed by atoms with Gasteiger partial charge in [-0.1, -0.05) is 18.2 Å². The van der Waals surface area contributed by atoms with Crippen molar-refractivity contribution >= 4 is 11.7 Å². The lowest BCUT2D eigenvalue weighted by Gasteiger charge is -2.12. The van der Waals surface area contributed by atoms with Crippen LogP contribution in [0.15, 0.2) is 36.5 Å². The van der Waals surface area contributed by atoms with Crippen LogP contribution in [0.25, 0.3) is 0 Å². The first-order valence-corrected chi connectivity index (χ1v) is 4.92. The van der Waals surface area contributed by atoms with Crippen LogP contribution in [0.3, 0.4) is 0 Å². The SMILES string of the molecule is COC(=O)C=CN1CCc2ccccc21. The maximum atomic E-state index is 10.9. The summed E-state index contributed by atoms with van der Waals surface area (Å²) in [6.45, 7) is 0.923. The van der Waals surface area contributed by atoms with Gasteiger partial charge in [-0.05, 0) is 18.1 Å². The number of anilines is 1. The number of carbonyl (C=O) groups is 1. The predicted molar refractivity (Wildman–Crippen MR) is 58.6 cm³/mol. The van der Waals surface area contributed by atoms with Crippen LogP contribution in [0.4, 0.5) is 5.69 Å². The van der Waals surface area contributed by atoms with E-state index in [1.807, 2.05) is 12.1 Å². The summed E-state index contributed by atoms with van der Waals surface area (Å²) in [4.78, 5) is 13.0. The van der Waals surface area contributed by atoms with E-state index >= 15 is 0 Å². The van der Waals surface area contributed by atoms with Crippen molar-refractivity contribution in [2.24, 2.45) is 0 Å². The minimum absolute atomic E-state index is 0.320. The van der Waals surface area contributed by atoms with Crippen LogP contribution in [0.1, 0.15) is 5.56 Å². The standard InChI is InChI=1S/C12H13NO2/c1-15-12(14)7-9-13-8-6-10-4-2-3-5-11(10)13/h2-5,7,9H,6,8H2,1H3. The summed E-state index contributed by atoms with van der Waals surface area (Å²) in [6.07, 6.45) is 4.25. The van der Waals surface area contributed by atoms with Gasteiger partial charge in [0.2, 0.25) is 0 Å². The molecule has 0 amide bonds. The van der Waals surface area contributed by atoms with E-state index in [0.717, 1.165) is 13.0 Å². The van der Waals surface area contributed by atoms with Gasteiger partial charge in [-0.25, -0.2) is 4.79 Å². The molecule has 0 radical (unpaired) electrons. The van der Waals surface area contributed by atoms with Crippen molar-refractivity contribution in [1.29, 1.82) is 0 Å². The first kappa shape index (κ1) is 9.77. The molecule has 78 valence electrons. The fraction of sp³-hybridized carbons (Fsp3) is 0.250. The Hall–Kier alpha value is -1.77. The quantitative estimate of drug-likeness (QED) is 0.541. The molecule has 15 heavy (non-hydrogen) atoms. The first-order chi connectivity index (χ1) is 7.31. The monoisotopic (exact) mass is 203 g/mol.